The summed E-state index contributed by atoms with van der Waals surface area (Å²) in [5, 5.41) is 15.1. The molecule has 9 heteroatoms. The number of hydrogen-bond donors (Lipinski definition) is 3. The van der Waals surface area contributed by atoms with Crippen molar-refractivity contribution in [2.24, 2.45) is 18.0 Å². The van der Waals surface area contributed by atoms with Gasteiger partial charge >= 0.3 is 0 Å². The largest absolute Gasteiger partial charge is 0.368 e. The molecule has 0 spiro atoms. The number of nitrogens with zero attached hydrogens (tertiary/aromatic N) is 5. The summed E-state index contributed by atoms with van der Waals surface area (Å²) in [5.41, 5.74) is 0.822. The van der Waals surface area contributed by atoms with Crippen LogP contribution < -0.4 is 16.0 Å². The van der Waals surface area contributed by atoms with Crippen molar-refractivity contribution in [2.75, 3.05) is 32.0 Å². The van der Waals surface area contributed by atoms with Crippen molar-refractivity contribution in [1.82, 2.24) is 30.4 Å². The molecule has 2 aromatic heterocycles. The molecule has 0 aromatic carbocycles. The Hall–Kier alpha value is -1.65. The van der Waals surface area contributed by atoms with Crippen molar-refractivity contribution in [3.8, 4) is 0 Å². The van der Waals surface area contributed by atoms with Gasteiger partial charge in [0.25, 0.3) is 0 Å². The summed E-state index contributed by atoms with van der Waals surface area (Å²) in [6.07, 6.45) is 5.70. The maximum atomic E-state index is 4.28. The SMILES string of the molecule is CN=C(NCCCC(C)C)NCCNc1ncnc2c1cnn2C.I. The third kappa shape index (κ3) is 6.63. The highest BCUT2D eigenvalue weighted by atomic mass is 127. The summed E-state index contributed by atoms with van der Waals surface area (Å²) in [5.74, 6) is 2.37. The molecule has 0 radical (unpaired) electrons. The standard InChI is InChI=1S/C16H28N8.HI/c1-12(2)6-5-7-19-16(17-3)20-9-8-18-14-13-10-23-24(4)15(13)22-11-21-14;/h10-12H,5-9H2,1-4H3,(H2,17,19,20)(H,18,21,22);1H. The molecule has 0 bridgehead atoms. The van der Waals surface area contributed by atoms with Gasteiger partial charge < -0.3 is 16.0 Å². The van der Waals surface area contributed by atoms with Crippen LogP contribution in [0.15, 0.2) is 17.5 Å². The Balaban J connectivity index is 0.00000312. The van der Waals surface area contributed by atoms with Gasteiger partial charge in [-0.05, 0) is 18.8 Å². The normalized spacial score (nSPS) is 11.5. The van der Waals surface area contributed by atoms with Gasteiger partial charge in [-0.15, -0.1) is 24.0 Å². The van der Waals surface area contributed by atoms with Gasteiger partial charge in [-0.2, -0.15) is 5.10 Å². The van der Waals surface area contributed by atoms with Crippen LogP contribution in [-0.4, -0.2) is 52.4 Å². The van der Waals surface area contributed by atoms with E-state index in [1.165, 1.54) is 6.42 Å². The zero-order valence-corrected chi connectivity index (χ0v) is 17.7. The molecule has 0 amide bonds. The molecule has 2 rings (SSSR count). The minimum absolute atomic E-state index is 0. The Morgan fingerprint density at radius 3 is 2.68 bits per heavy atom. The third-order valence-electron chi connectivity index (χ3n) is 3.71. The number of hydrogen-bond acceptors (Lipinski definition) is 5. The van der Waals surface area contributed by atoms with Crippen molar-refractivity contribution in [2.45, 2.75) is 26.7 Å². The smallest absolute Gasteiger partial charge is 0.191 e. The van der Waals surface area contributed by atoms with Crippen LogP contribution in [0.2, 0.25) is 0 Å². The maximum Gasteiger partial charge on any atom is 0.191 e. The van der Waals surface area contributed by atoms with Gasteiger partial charge in [0.2, 0.25) is 0 Å². The van der Waals surface area contributed by atoms with Gasteiger partial charge in [-0.25, -0.2) is 9.97 Å². The fraction of sp³-hybridized carbons (Fsp3) is 0.625. The topological polar surface area (TPSA) is 92.1 Å². The highest BCUT2D eigenvalue weighted by Crippen LogP contribution is 2.16. The molecule has 0 aliphatic rings. The molecule has 2 heterocycles. The molecule has 2 aromatic rings. The number of anilines is 1. The van der Waals surface area contributed by atoms with E-state index in [4.69, 9.17) is 0 Å². The summed E-state index contributed by atoms with van der Waals surface area (Å²) in [7, 11) is 3.66. The zero-order chi connectivity index (χ0) is 17.4. The molecule has 0 aliphatic carbocycles. The monoisotopic (exact) mass is 460 g/mol. The van der Waals surface area contributed by atoms with Gasteiger partial charge in [-0.1, -0.05) is 13.8 Å². The van der Waals surface area contributed by atoms with Crippen LogP contribution in [0, 0.1) is 5.92 Å². The first-order valence-corrected chi connectivity index (χ1v) is 8.43. The lowest BCUT2D eigenvalue weighted by molar-refractivity contribution is 0.549. The molecule has 8 nitrogen and oxygen atoms in total. The number of rotatable bonds is 8. The third-order valence-corrected chi connectivity index (χ3v) is 3.71. The van der Waals surface area contributed by atoms with E-state index in [9.17, 15) is 0 Å². The number of aryl methyl sites for hydroxylation is 1. The van der Waals surface area contributed by atoms with E-state index in [0.717, 1.165) is 54.8 Å². The van der Waals surface area contributed by atoms with Crippen molar-refractivity contribution in [3.05, 3.63) is 12.5 Å². The zero-order valence-electron chi connectivity index (χ0n) is 15.4. The Morgan fingerprint density at radius 2 is 1.96 bits per heavy atom. The number of halogens is 1. The molecule has 0 saturated heterocycles. The number of aromatic nitrogens is 4. The lowest BCUT2D eigenvalue weighted by Gasteiger charge is -2.13. The van der Waals surface area contributed by atoms with Gasteiger partial charge in [0.1, 0.15) is 12.1 Å². The first kappa shape index (κ1) is 21.4. The van der Waals surface area contributed by atoms with E-state index in [-0.39, 0.29) is 24.0 Å². The van der Waals surface area contributed by atoms with Crippen LogP contribution in [0.1, 0.15) is 26.7 Å². The second-order valence-electron chi connectivity index (χ2n) is 6.12. The van der Waals surface area contributed by atoms with E-state index < -0.39 is 0 Å². The minimum Gasteiger partial charge on any atom is -0.368 e. The van der Waals surface area contributed by atoms with Crippen LogP contribution in [-0.2, 0) is 7.05 Å². The predicted octanol–water partition coefficient (Wildman–Crippen LogP) is 1.99. The molecule has 3 N–H and O–H groups in total. The van der Waals surface area contributed by atoms with E-state index in [0.29, 0.717) is 0 Å². The summed E-state index contributed by atoms with van der Waals surface area (Å²) >= 11 is 0. The number of fused-ring (bicyclic) bond motifs is 1. The molecule has 140 valence electrons. The molecule has 0 atom stereocenters. The first-order valence-electron chi connectivity index (χ1n) is 8.43. The van der Waals surface area contributed by atoms with Crippen LogP contribution >= 0.6 is 24.0 Å². The fourth-order valence-electron chi connectivity index (χ4n) is 2.40. The summed E-state index contributed by atoms with van der Waals surface area (Å²) < 4.78 is 1.74. The Morgan fingerprint density at radius 1 is 1.20 bits per heavy atom. The van der Waals surface area contributed by atoms with Crippen LogP contribution in [0.3, 0.4) is 0 Å². The Labute approximate surface area is 166 Å². The number of guanidine groups is 1. The average molecular weight is 460 g/mol. The van der Waals surface area contributed by atoms with Gasteiger partial charge in [0.15, 0.2) is 11.6 Å². The Kier molecular flexibility index (Phi) is 9.46. The molecule has 0 saturated carbocycles. The van der Waals surface area contributed by atoms with Crippen LogP contribution in [0.4, 0.5) is 5.82 Å². The van der Waals surface area contributed by atoms with Gasteiger partial charge in [0, 0.05) is 33.7 Å². The quantitative estimate of drug-likeness (QED) is 0.242. The predicted molar refractivity (Wildman–Crippen MR) is 114 cm³/mol. The molecule has 0 unspecified atom stereocenters. The second kappa shape index (κ2) is 11.1. The molecular formula is C16H29IN8. The van der Waals surface area contributed by atoms with Crippen LogP contribution in [0.5, 0.6) is 0 Å². The lowest BCUT2D eigenvalue weighted by Crippen LogP contribution is -2.40. The van der Waals surface area contributed by atoms with Crippen molar-refractivity contribution in [1.29, 1.82) is 0 Å². The first-order chi connectivity index (χ1) is 11.6. The minimum atomic E-state index is 0. The highest BCUT2D eigenvalue weighted by Gasteiger charge is 2.06. The van der Waals surface area contributed by atoms with Gasteiger partial charge in [0.05, 0.1) is 11.6 Å². The maximum absolute atomic E-state index is 4.28. The summed E-state index contributed by atoms with van der Waals surface area (Å²) in [4.78, 5) is 12.7. The average Bonchev–Trinajstić information content (AvgIpc) is 2.95. The van der Waals surface area contributed by atoms with Crippen molar-refractivity contribution in [3.63, 3.8) is 0 Å². The molecule has 0 fully saturated rings. The fourth-order valence-corrected chi connectivity index (χ4v) is 2.40. The van der Waals surface area contributed by atoms with Gasteiger partial charge in [-0.3, -0.25) is 9.67 Å². The second-order valence-corrected chi connectivity index (χ2v) is 6.12. The molecule has 25 heavy (non-hydrogen) atoms. The van der Waals surface area contributed by atoms with Crippen LogP contribution in [0.25, 0.3) is 11.0 Å². The molecular weight excluding hydrogens is 431 g/mol. The van der Waals surface area contributed by atoms with Crippen molar-refractivity contribution >= 4 is 46.8 Å². The summed E-state index contributed by atoms with van der Waals surface area (Å²) in [6, 6.07) is 0. The van der Waals surface area contributed by atoms with E-state index >= 15 is 0 Å². The van der Waals surface area contributed by atoms with E-state index in [1.807, 2.05) is 7.05 Å². The highest BCUT2D eigenvalue weighted by molar-refractivity contribution is 14.0. The Bertz CT molecular complexity index is 667. The lowest BCUT2D eigenvalue weighted by atomic mass is 10.1. The van der Waals surface area contributed by atoms with E-state index in [2.05, 4.69) is 49.9 Å². The van der Waals surface area contributed by atoms with Crippen molar-refractivity contribution < 1.29 is 0 Å². The number of aliphatic imine (C=N–C) groups is 1. The summed E-state index contributed by atoms with van der Waals surface area (Å²) in [6.45, 7) is 6.90. The number of nitrogens with one attached hydrogen (secondary N) is 3. The molecule has 0 aliphatic heterocycles. The van der Waals surface area contributed by atoms with E-state index in [1.54, 1.807) is 24.3 Å².